The number of carboxylic acids is 1. The number of pyridine rings is 1. The van der Waals surface area contributed by atoms with Gasteiger partial charge in [0, 0.05) is 30.1 Å². The second-order valence-electron chi connectivity index (χ2n) is 7.54. The van der Waals surface area contributed by atoms with E-state index < -0.39 is 10.9 Å². The lowest BCUT2D eigenvalue weighted by molar-refractivity contribution is -0.384. The van der Waals surface area contributed by atoms with Gasteiger partial charge >= 0.3 is 11.7 Å². The fraction of sp³-hybridized carbons (Fsp3) is 0.474. The molecule has 1 aromatic heterocycles. The van der Waals surface area contributed by atoms with Crippen LogP contribution in [0.4, 0.5) is 11.5 Å². The van der Waals surface area contributed by atoms with E-state index in [9.17, 15) is 14.9 Å². The van der Waals surface area contributed by atoms with Crippen LogP contribution in [0.5, 0.6) is 0 Å². The molecule has 0 unspecified atom stereocenters. The van der Waals surface area contributed by atoms with E-state index in [0.717, 1.165) is 24.8 Å². The van der Waals surface area contributed by atoms with Crippen LogP contribution in [0.25, 0.3) is 10.9 Å². The van der Waals surface area contributed by atoms with Gasteiger partial charge in [0.1, 0.15) is 0 Å². The Labute approximate surface area is 156 Å². The Morgan fingerprint density at radius 2 is 2.07 bits per heavy atom. The predicted molar refractivity (Wildman–Crippen MR) is 101 cm³/mol. The van der Waals surface area contributed by atoms with Crippen molar-refractivity contribution in [2.75, 3.05) is 18.4 Å². The molecular formula is C19H22N4O4. The van der Waals surface area contributed by atoms with E-state index in [1.165, 1.54) is 12.8 Å². The van der Waals surface area contributed by atoms with Crippen LogP contribution in [-0.2, 0) is 4.79 Å². The summed E-state index contributed by atoms with van der Waals surface area (Å²) in [5.41, 5.74) is 0.681. The highest BCUT2D eigenvalue weighted by Gasteiger charge is 2.38. The molecule has 0 bridgehead atoms. The van der Waals surface area contributed by atoms with Crippen LogP contribution in [0, 0.1) is 16.0 Å². The first-order valence-electron chi connectivity index (χ1n) is 9.26. The Kier molecular flexibility index (Phi) is 4.65. The minimum absolute atomic E-state index is 0.0301. The summed E-state index contributed by atoms with van der Waals surface area (Å²) in [5, 5.41) is 24.5. The number of nitrogens with one attached hydrogen (secondary N) is 1. The lowest BCUT2D eigenvalue weighted by Gasteiger charge is -2.42. The van der Waals surface area contributed by atoms with Crippen molar-refractivity contribution in [3.8, 4) is 0 Å². The number of hydrogen-bond donors (Lipinski definition) is 2. The van der Waals surface area contributed by atoms with E-state index in [2.05, 4.69) is 10.3 Å². The first-order chi connectivity index (χ1) is 13.0. The quantitative estimate of drug-likeness (QED) is 0.543. The van der Waals surface area contributed by atoms with Gasteiger partial charge in [0.05, 0.1) is 17.0 Å². The molecule has 27 heavy (non-hydrogen) atoms. The Morgan fingerprint density at radius 1 is 1.33 bits per heavy atom. The summed E-state index contributed by atoms with van der Waals surface area (Å²) >= 11 is 0. The molecule has 0 saturated heterocycles. The van der Waals surface area contributed by atoms with E-state index >= 15 is 0 Å². The third-order valence-electron chi connectivity index (χ3n) is 5.40. The van der Waals surface area contributed by atoms with Crippen LogP contribution >= 0.6 is 0 Å². The molecule has 0 amide bonds. The molecule has 2 aliphatic carbocycles. The zero-order valence-electron chi connectivity index (χ0n) is 14.9. The van der Waals surface area contributed by atoms with Gasteiger partial charge in [0.2, 0.25) is 5.82 Å². The molecule has 2 aliphatic rings. The summed E-state index contributed by atoms with van der Waals surface area (Å²) < 4.78 is 0. The molecule has 142 valence electrons. The molecule has 0 atom stereocenters. The Morgan fingerprint density at radius 3 is 2.74 bits per heavy atom. The van der Waals surface area contributed by atoms with Gasteiger partial charge in [-0.2, -0.15) is 0 Å². The number of nitro groups is 1. The van der Waals surface area contributed by atoms with E-state index in [4.69, 9.17) is 5.11 Å². The van der Waals surface area contributed by atoms with Crippen LogP contribution in [0.1, 0.15) is 25.7 Å². The van der Waals surface area contributed by atoms with Crippen molar-refractivity contribution in [3.05, 3.63) is 40.4 Å². The highest BCUT2D eigenvalue weighted by Crippen LogP contribution is 2.36. The topological polar surface area (TPSA) is 109 Å². The van der Waals surface area contributed by atoms with Crippen LogP contribution in [0.15, 0.2) is 30.3 Å². The highest BCUT2D eigenvalue weighted by atomic mass is 16.6. The van der Waals surface area contributed by atoms with Gasteiger partial charge in [0.15, 0.2) is 0 Å². The number of hydrogen-bond acceptors (Lipinski definition) is 6. The standard InChI is InChI=1S/C19H22N4O4/c24-18(25)11-22(10-12-5-6-12)15-8-14(9-15)20-19-17(23(26)27)7-13-3-1-2-4-16(13)21-19/h1-4,7,12,14-15H,5-6,8-11H2,(H,20,21)(H,24,25). The van der Waals surface area contributed by atoms with Crippen LogP contribution in [0.3, 0.4) is 0 Å². The number of nitrogens with zero attached hydrogens (tertiary/aromatic N) is 3. The van der Waals surface area contributed by atoms with E-state index in [1.807, 2.05) is 23.1 Å². The van der Waals surface area contributed by atoms with E-state index in [0.29, 0.717) is 11.4 Å². The fourth-order valence-corrected chi connectivity index (χ4v) is 3.70. The van der Waals surface area contributed by atoms with Crippen molar-refractivity contribution < 1.29 is 14.8 Å². The number of benzene rings is 1. The molecule has 2 N–H and O–H groups in total. The normalized spacial score (nSPS) is 21.8. The van der Waals surface area contributed by atoms with Gasteiger partial charge in [0.25, 0.3) is 0 Å². The SMILES string of the molecule is O=C(O)CN(CC1CC1)C1CC(Nc2nc3ccccc3cc2[N+](=O)[O-])C1. The molecule has 2 aromatic rings. The Bertz CT molecular complexity index is 877. The second kappa shape index (κ2) is 7.11. The lowest BCUT2D eigenvalue weighted by Crippen LogP contribution is -2.52. The van der Waals surface area contributed by atoms with Crippen molar-refractivity contribution in [1.29, 1.82) is 0 Å². The molecule has 2 fully saturated rings. The Balaban J connectivity index is 1.45. The van der Waals surface area contributed by atoms with Crippen molar-refractivity contribution in [1.82, 2.24) is 9.88 Å². The summed E-state index contributed by atoms with van der Waals surface area (Å²) in [7, 11) is 0. The summed E-state index contributed by atoms with van der Waals surface area (Å²) in [5.74, 6) is 0.104. The van der Waals surface area contributed by atoms with Gasteiger partial charge in [-0.3, -0.25) is 19.8 Å². The molecule has 0 aliphatic heterocycles. The molecule has 8 nitrogen and oxygen atoms in total. The van der Waals surface area contributed by atoms with Crippen LogP contribution in [-0.4, -0.2) is 51.1 Å². The van der Waals surface area contributed by atoms with Gasteiger partial charge in [-0.05, 0) is 37.7 Å². The monoisotopic (exact) mass is 370 g/mol. The smallest absolute Gasteiger partial charge is 0.317 e. The zero-order valence-corrected chi connectivity index (χ0v) is 14.9. The number of carboxylic acid groups (broad SMARTS) is 1. The average Bonchev–Trinajstić information content (AvgIpc) is 3.40. The maximum absolute atomic E-state index is 11.4. The first-order valence-corrected chi connectivity index (χ1v) is 9.26. The number of aliphatic carboxylic acids is 1. The fourth-order valence-electron chi connectivity index (χ4n) is 3.70. The molecule has 2 saturated carbocycles. The van der Waals surface area contributed by atoms with Crippen LogP contribution < -0.4 is 5.32 Å². The molecule has 0 spiro atoms. The average molecular weight is 370 g/mol. The molecule has 0 radical (unpaired) electrons. The predicted octanol–water partition coefficient (Wildman–Crippen LogP) is 2.88. The van der Waals surface area contributed by atoms with E-state index in [1.54, 1.807) is 12.1 Å². The summed E-state index contributed by atoms with van der Waals surface area (Å²) in [6, 6.07) is 9.14. The maximum atomic E-state index is 11.4. The van der Waals surface area contributed by atoms with Crippen molar-refractivity contribution in [2.24, 2.45) is 5.92 Å². The summed E-state index contributed by atoms with van der Waals surface area (Å²) in [6.45, 7) is 0.889. The minimum atomic E-state index is -0.807. The molecule has 8 heteroatoms. The number of anilines is 1. The molecular weight excluding hydrogens is 348 g/mol. The number of fused-ring (bicyclic) bond motifs is 1. The largest absolute Gasteiger partial charge is 0.480 e. The summed E-state index contributed by atoms with van der Waals surface area (Å²) in [6.07, 6.45) is 3.90. The third kappa shape index (κ3) is 4.00. The number of para-hydroxylation sites is 1. The number of aromatic nitrogens is 1. The van der Waals surface area contributed by atoms with E-state index in [-0.39, 0.29) is 30.1 Å². The minimum Gasteiger partial charge on any atom is -0.480 e. The first kappa shape index (κ1) is 17.7. The van der Waals surface area contributed by atoms with Crippen molar-refractivity contribution in [3.63, 3.8) is 0 Å². The molecule has 1 aromatic carbocycles. The number of rotatable bonds is 8. The van der Waals surface area contributed by atoms with Gasteiger partial charge in [-0.1, -0.05) is 18.2 Å². The number of carbonyl (C=O) groups is 1. The maximum Gasteiger partial charge on any atom is 0.317 e. The molecule has 1 heterocycles. The second-order valence-corrected chi connectivity index (χ2v) is 7.54. The van der Waals surface area contributed by atoms with Crippen molar-refractivity contribution in [2.45, 2.75) is 37.8 Å². The van der Waals surface area contributed by atoms with Gasteiger partial charge in [-0.25, -0.2) is 4.98 Å². The highest BCUT2D eigenvalue weighted by molar-refractivity contribution is 5.84. The van der Waals surface area contributed by atoms with Gasteiger partial charge in [-0.15, -0.1) is 0 Å². The lowest BCUT2D eigenvalue weighted by atomic mass is 9.85. The van der Waals surface area contributed by atoms with Crippen molar-refractivity contribution >= 4 is 28.4 Å². The zero-order chi connectivity index (χ0) is 19.0. The third-order valence-corrected chi connectivity index (χ3v) is 5.40. The summed E-state index contributed by atoms with van der Waals surface area (Å²) in [4.78, 5) is 28.6. The Hall–Kier alpha value is -2.74. The van der Waals surface area contributed by atoms with Gasteiger partial charge < -0.3 is 10.4 Å². The molecule has 4 rings (SSSR count). The van der Waals surface area contributed by atoms with Crippen LogP contribution in [0.2, 0.25) is 0 Å².